The van der Waals surface area contributed by atoms with E-state index >= 15 is 0 Å². The van der Waals surface area contributed by atoms with Gasteiger partial charge >= 0.3 is 6.03 Å². The molecule has 0 aliphatic carbocycles. The van der Waals surface area contributed by atoms with Crippen molar-refractivity contribution in [1.29, 1.82) is 0 Å². The number of amides is 2. The Hall–Kier alpha value is -2.38. The van der Waals surface area contributed by atoms with Crippen molar-refractivity contribution in [1.82, 2.24) is 15.3 Å². The average molecular weight is 429 g/mol. The first-order valence-electron chi connectivity index (χ1n) is 10.7. The van der Waals surface area contributed by atoms with Crippen molar-refractivity contribution in [2.45, 2.75) is 64.7 Å². The molecule has 2 aromatic rings. The Morgan fingerprint density at radius 1 is 1.23 bits per heavy atom. The summed E-state index contributed by atoms with van der Waals surface area (Å²) in [5, 5.41) is 7.39. The van der Waals surface area contributed by atoms with Gasteiger partial charge in [0.05, 0.1) is 23.3 Å². The summed E-state index contributed by atoms with van der Waals surface area (Å²) in [5.41, 5.74) is 1.61. The van der Waals surface area contributed by atoms with Crippen LogP contribution in [-0.4, -0.2) is 40.7 Å². The Morgan fingerprint density at radius 2 is 2.03 bits per heavy atom. The van der Waals surface area contributed by atoms with E-state index in [1.165, 1.54) is 6.42 Å². The van der Waals surface area contributed by atoms with Gasteiger partial charge in [0.2, 0.25) is 5.95 Å². The fourth-order valence-electron chi connectivity index (χ4n) is 4.20. The van der Waals surface area contributed by atoms with Crippen molar-refractivity contribution < 1.29 is 4.79 Å². The van der Waals surface area contributed by atoms with Gasteiger partial charge in [0.25, 0.3) is 0 Å². The van der Waals surface area contributed by atoms with Crippen molar-refractivity contribution in [3.8, 4) is 0 Å². The maximum Gasteiger partial charge on any atom is 0.330 e. The molecular formula is C22H29ClN6O. The number of para-hydroxylation sites is 1. The Bertz CT molecular complexity index is 914. The summed E-state index contributed by atoms with van der Waals surface area (Å²) in [4.78, 5) is 26.5. The third-order valence-corrected chi connectivity index (χ3v) is 6.05. The number of rotatable bonds is 5. The summed E-state index contributed by atoms with van der Waals surface area (Å²) in [7, 11) is 0. The van der Waals surface area contributed by atoms with Crippen molar-refractivity contribution in [3.63, 3.8) is 0 Å². The number of urea groups is 1. The highest BCUT2D eigenvalue weighted by molar-refractivity contribution is 6.34. The minimum Gasteiger partial charge on any atom is -0.352 e. The topological polar surface area (TPSA) is 73.4 Å². The van der Waals surface area contributed by atoms with E-state index in [0.29, 0.717) is 29.0 Å². The lowest BCUT2D eigenvalue weighted by molar-refractivity contribution is 0.243. The highest BCUT2D eigenvalue weighted by Crippen LogP contribution is 2.36. The molecule has 1 aromatic heterocycles. The van der Waals surface area contributed by atoms with Crippen LogP contribution >= 0.6 is 11.6 Å². The summed E-state index contributed by atoms with van der Waals surface area (Å²) in [6.45, 7) is 7.54. The monoisotopic (exact) mass is 428 g/mol. The second-order valence-electron chi connectivity index (χ2n) is 8.33. The molecule has 0 saturated carbocycles. The Balaban J connectivity index is 1.76. The molecule has 0 spiro atoms. The number of hydrogen-bond acceptors (Lipinski definition) is 5. The zero-order valence-corrected chi connectivity index (χ0v) is 18.5. The molecule has 160 valence electrons. The van der Waals surface area contributed by atoms with Crippen LogP contribution in [0.15, 0.2) is 30.5 Å². The number of benzene rings is 1. The van der Waals surface area contributed by atoms with Crippen LogP contribution in [0.5, 0.6) is 0 Å². The van der Waals surface area contributed by atoms with Gasteiger partial charge in [0.1, 0.15) is 5.82 Å². The van der Waals surface area contributed by atoms with E-state index in [0.717, 1.165) is 24.9 Å². The molecule has 1 aromatic carbocycles. The molecule has 2 unspecified atom stereocenters. The largest absolute Gasteiger partial charge is 0.352 e. The van der Waals surface area contributed by atoms with Crippen LogP contribution in [0.3, 0.4) is 0 Å². The fraction of sp³-hybridized carbons (Fsp3) is 0.500. The molecule has 0 radical (unpaired) electrons. The van der Waals surface area contributed by atoms with Crippen LogP contribution in [0.1, 0.15) is 45.6 Å². The maximum atomic E-state index is 13.7. The van der Waals surface area contributed by atoms with Crippen molar-refractivity contribution in [3.05, 3.63) is 41.0 Å². The quantitative estimate of drug-likeness (QED) is 0.737. The predicted octanol–water partition coefficient (Wildman–Crippen LogP) is 4.43. The van der Waals surface area contributed by atoms with Crippen LogP contribution < -0.4 is 20.4 Å². The molecule has 0 bridgehead atoms. The lowest BCUT2D eigenvalue weighted by atomic mass is 9.97. The van der Waals surface area contributed by atoms with E-state index in [1.54, 1.807) is 4.90 Å². The number of anilines is 3. The molecule has 2 aliphatic heterocycles. The molecular weight excluding hydrogens is 400 g/mol. The predicted molar refractivity (Wildman–Crippen MR) is 121 cm³/mol. The summed E-state index contributed by atoms with van der Waals surface area (Å²) in [5.74, 6) is 1.22. The van der Waals surface area contributed by atoms with Crippen LogP contribution in [0.2, 0.25) is 5.02 Å². The van der Waals surface area contributed by atoms with Crippen LogP contribution in [0.4, 0.5) is 22.2 Å². The van der Waals surface area contributed by atoms with Gasteiger partial charge in [-0.05, 0) is 52.3 Å². The van der Waals surface area contributed by atoms with Gasteiger partial charge in [0.15, 0.2) is 0 Å². The number of fused-ring (bicyclic) bond motifs is 1. The van der Waals surface area contributed by atoms with Crippen LogP contribution in [-0.2, 0) is 6.54 Å². The minimum atomic E-state index is -0.107. The first-order valence-corrected chi connectivity index (χ1v) is 11.0. The smallest absolute Gasteiger partial charge is 0.330 e. The second kappa shape index (κ2) is 8.78. The molecule has 1 saturated heterocycles. The van der Waals surface area contributed by atoms with Gasteiger partial charge in [-0.15, -0.1) is 0 Å². The van der Waals surface area contributed by atoms with E-state index < -0.39 is 0 Å². The molecule has 2 atom stereocenters. The normalized spacial score (nSPS) is 20.3. The third kappa shape index (κ3) is 4.09. The number of nitrogens with zero attached hydrogens (tertiary/aromatic N) is 4. The molecule has 3 heterocycles. The Labute approximate surface area is 182 Å². The van der Waals surface area contributed by atoms with Crippen molar-refractivity contribution >= 4 is 35.1 Å². The summed E-state index contributed by atoms with van der Waals surface area (Å²) < 4.78 is 0. The number of aromatic nitrogens is 2. The Kier molecular flexibility index (Phi) is 6.11. The van der Waals surface area contributed by atoms with Gasteiger partial charge < -0.3 is 10.6 Å². The third-order valence-electron chi connectivity index (χ3n) is 5.73. The van der Waals surface area contributed by atoms with Gasteiger partial charge in [0, 0.05) is 23.8 Å². The van der Waals surface area contributed by atoms with E-state index in [1.807, 2.05) is 49.2 Å². The second-order valence-corrected chi connectivity index (χ2v) is 8.74. The van der Waals surface area contributed by atoms with E-state index in [-0.39, 0.29) is 24.2 Å². The minimum absolute atomic E-state index is 0.0522. The summed E-state index contributed by atoms with van der Waals surface area (Å²) >= 11 is 6.44. The highest BCUT2D eigenvalue weighted by atomic mass is 35.5. The number of piperidine rings is 1. The number of hydrogen-bond donors (Lipinski definition) is 2. The molecule has 30 heavy (non-hydrogen) atoms. The fourth-order valence-corrected chi connectivity index (χ4v) is 4.44. The van der Waals surface area contributed by atoms with Crippen molar-refractivity contribution in [2.75, 3.05) is 21.7 Å². The first-order chi connectivity index (χ1) is 14.5. The van der Waals surface area contributed by atoms with Crippen LogP contribution in [0.25, 0.3) is 0 Å². The zero-order valence-electron chi connectivity index (χ0n) is 17.7. The lowest BCUT2D eigenvalue weighted by Crippen LogP contribution is -2.58. The Morgan fingerprint density at radius 3 is 2.73 bits per heavy atom. The van der Waals surface area contributed by atoms with E-state index in [4.69, 9.17) is 16.6 Å². The molecule has 8 heteroatoms. The van der Waals surface area contributed by atoms with Crippen LogP contribution in [0, 0.1) is 0 Å². The molecule has 1 fully saturated rings. The number of carbonyl (C=O) groups is 1. The zero-order chi connectivity index (χ0) is 21.3. The highest BCUT2D eigenvalue weighted by Gasteiger charge is 2.39. The van der Waals surface area contributed by atoms with Crippen molar-refractivity contribution in [2.24, 2.45) is 0 Å². The summed E-state index contributed by atoms with van der Waals surface area (Å²) in [6, 6.07) is 7.71. The molecule has 2 aliphatic rings. The number of nitrogens with one attached hydrogen (secondary N) is 2. The standard InChI is InChI=1S/C22H29ClN6O/c1-14(2)26-21-25-12-16-13-28(19-10-5-4-8-17(19)23)22(30)29(20(16)27-21)15(3)18-9-6-7-11-24-18/h4-5,8,10,12,14-15,18,24H,6-7,9,11,13H2,1-3H3,(H,25,26,27). The van der Waals surface area contributed by atoms with Gasteiger partial charge in [-0.25, -0.2) is 9.78 Å². The SMILES string of the molecule is CC(C)Nc1ncc2c(n1)N(C(C)C1CCCCN1)C(=O)N(c1ccccc1Cl)C2. The number of carbonyl (C=O) groups excluding carboxylic acids is 1. The molecule has 2 amide bonds. The van der Waals surface area contributed by atoms with E-state index in [2.05, 4.69) is 22.5 Å². The van der Waals surface area contributed by atoms with Gasteiger partial charge in [-0.2, -0.15) is 4.98 Å². The maximum absolute atomic E-state index is 13.7. The molecule has 7 nitrogen and oxygen atoms in total. The average Bonchev–Trinajstić information content (AvgIpc) is 2.74. The van der Waals surface area contributed by atoms with E-state index in [9.17, 15) is 4.79 Å². The molecule has 4 rings (SSSR count). The lowest BCUT2D eigenvalue weighted by Gasteiger charge is -2.42. The molecule has 2 N–H and O–H groups in total. The van der Waals surface area contributed by atoms with Gasteiger partial charge in [-0.1, -0.05) is 30.2 Å². The number of halogens is 1. The first kappa shape index (κ1) is 20.9. The summed E-state index contributed by atoms with van der Waals surface area (Å²) in [6.07, 6.45) is 5.19. The van der Waals surface area contributed by atoms with Gasteiger partial charge in [-0.3, -0.25) is 9.80 Å².